The van der Waals surface area contributed by atoms with E-state index in [0.29, 0.717) is 0 Å². The van der Waals surface area contributed by atoms with Gasteiger partial charge in [0.05, 0.1) is 0 Å². The fraction of sp³-hybridized carbons (Fsp3) is 0.545. The van der Waals surface area contributed by atoms with Gasteiger partial charge in [0.25, 0.3) is 0 Å². The molecule has 0 aliphatic carbocycles. The van der Waals surface area contributed by atoms with Gasteiger partial charge in [-0.15, -0.1) is 0 Å². The van der Waals surface area contributed by atoms with Crippen molar-refractivity contribution in [2.75, 3.05) is 0 Å². The predicted octanol–water partition coefficient (Wildman–Crippen LogP) is 2.66. The van der Waals surface area contributed by atoms with E-state index in [0.717, 1.165) is 12.0 Å². The summed E-state index contributed by atoms with van der Waals surface area (Å²) in [7, 11) is 0. The van der Waals surface area contributed by atoms with Crippen LogP contribution in [0.25, 0.3) is 0 Å². The number of aromatic nitrogens is 1. The Labute approximate surface area is 80.2 Å². The molecule has 0 aromatic carbocycles. The average Bonchev–Trinajstić information content (AvgIpc) is 2.19. The molecule has 0 bridgehead atoms. The maximum absolute atomic E-state index is 6.00. The van der Waals surface area contributed by atoms with Crippen LogP contribution in [0.1, 0.15) is 44.2 Å². The lowest BCUT2D eigenvalue weighted by Gasteiger charge is -2.10. The highest BCUT2D eigenvalue weighted by Gasteiger charge is 2.03. The largest absolute Gasteiger partial charge is 0.324 e. The Morgan fingerprint density at radius 1 is 1.46 bits per heavy atom. The average molecular weight is 178 g/mol. The number of hydrogen-bond donors (Lipinski definition) is 1. The number of unbranched alkanes of at least 4 members (excludes halogenated alkanes) is 2. The zero-order chi connectivity index (χ0) is 9.52. The fourth-order valence-electron chi connectivity index (χ4n) is 1.38. The summed E-state index contributed by atoms with van der Waals surface area (Å²) in [6.45, 7) is 2.20. The topological polar surface area (TPSA) is 38.9 Å². The maximum atomic E-state index is 6.00. The Bertz CT molecular complexity index is 221. The van der Waals surface area contributed by atoms with Crippen molar-refractivity contribution in [1.82, 2.24) is 4.98 Å². The summed E-state index contributed by atoms with van der Waals surface area (Å²) in [5.41, 5.74) is 7.15. The Hall–Kier alpha value is -0.890. The first kappa shape index (κ1) is 10.2. The lowest BCUT2D eigenvalue weighted by Crippen LogP contribution is -2.10. The van der Waals surface area contributed by atoms with E-state index in [1.807, 2.05) is 18.3 Å². The molecule has 0 saturated heterocycles. The van der Waals surface area contributed by atoms with Crippen molar-refractivity contribution in [3.05, 3.63) is 30.1 Å². The van der Waals surface area contributed by atoms with Gasteiger partial charge in [-0.05, 0) is 18.1 Å². The monoisotopic (exact) mass is 178 g/mol. The van der Waals surface area contributed by atoms with Crippen molar-refractivity contribution < 1.29 is 0 Å². The molecule has 1 rings (SSSR count). The molecule has 1 aromatic rings. The predicted molar refractivity (Wildman–Crippen MR) is 55.3 cm³/mol. The molecule has 2 nitrogen and oxygen atoms in total. The Morgan fingerprint density at radius 3 is 2.92 bits per heavy atom. The van der Waals surface area contributed by atoms with Crippen LogP contribution in [0.4, 0.5) is 0 Å². The minimum Gasteiger partial charge on any atom is -0.324 e. The zero-order valence-electron chi connectivity index (χ0n) is 8.24. The van der Waals surface area contributed by atoms with Gasteiger partial charge < -0.3 is 5.73 Å². The van der Waals surface area contributed by atoms with Crippen molar-refractivity contribution in [3.63, 3.8) is 0 Å². The molecule has 1 aromatic heterocycles. The van der Waals surface area contributed by atoms with Crippen molar-refractivity contribution in [3.8, 4) is 0 Å². The molecule has 0 fully saturated rings. The van der Waals surface area contributed by atoms with Crippen molar-refractivity contribution >= 4 is 0 Å². The minimum absolute atomic E-state index is 0.167. The maximum Gasteiger partial charge on any atom is 0.0315 e. The molecule has 0 amide bonds. The molecule has 13 heavy (non-hydrogen) atoms. The number of rotatable bonds is 5. The summed E-state index contributed by atoms with van der Waals surface area (Å²) in [5, 5.41) is 0. The summed E-state index contributed by atoms with van der Waals surface area (Å²) >= 11 is 0. The number of nitrogens with two attached hydrogens (primary N) is 1. The molecule has 0 unspecified atom stereocenters. The van der Waals surface area contributed by atoms with Crippen molar-refractivity contribution in [2.24, 2.45) is 5.73 Å². The van der Waals surface area contributed by atoms with E-state index in [4.69, 9.17) is 5.73 Å². The molecule has 2 N–H and O–H groups in total. The fourth-order valence-corrected chi connectivity index (χ4v) is 1.38. The molecule has 0 radical (unpaired) electrons. The second kappa shape index (κ2) is 5.70. The summed E-state index contributed by atoms with van der Waals surface area (Å²) in [6.07, 6.45) is 8.44. The molecule has 0 aliphatic rings. The summed E-state index contributed by atoms with van der Waals surface area (Å²) < 4.78 is 0. The van der Waals surface area contributed by atoms with Crippen LogP contribution in [-0.4, -0.2) is 4.98 Å². The number of hydrogen-bond acceptors (Lipinski definition) is 2. The van der Waals surface area contributed by atoms with Crippen LogP contribution < -0.4 is 5.73 Å². The highest BCUT2D eigenvalue weighted by Crippen LogP contribution is 2.15. The van der Waals surface area contributed by atoms with Crippen molar-refractivity contribution in [1.29, 1.82) is 0 Å². The second-order valence-corrected chi connectivity index (χ2v) is 3.39. The van der Waals surface area contributed by atoms with Gasteiger partial charge in [0.2, 0.25) is 0 Å². The molecule has 0 saturated carbocycles. The van der Waals surface area contributed by atoms with E-state index < -0.39 is 0 Å². The molecule has 0 spiro atoms. The first-order chi connectivity index (χ1) is 6.34. The number of nitrogens with zero attached hydrogens (tertiary/aromatic N) is 1. The molecular formula is C11H18N2. The van der Waals surface area contributed by atoms with E-state index >= 15 is 0 Å². The highest BCUT2D eigenvalue weighted by molar-refractivity contribution is 5.12. The Balaban J connectivity index is 2.35. The van der Waals surface area contributed by atoms with E-state index in [1.165, 1.54) is 19.3 Å². The molecule has 0 aliphatic heterocycles. The van der Waals surface area contributed by atoms with Crippen LogP contribution in [0.2, 0.25) is 0 Å². The number of pyridine rings is 1. The van der Waals surface area contributed by atoms with E-state index in [9.17, 15) is 0 Å². The molecule has 2 heteroatoms. The van der Waals surface area contributed by atoms with Gasteiger partial charge in [-0.2, -0.15) is 0 Å². The van der Waals surface area contributed by atoms with E-state index in [1.54, 1.807) is 6.20 Å². The van der Waals surface area contributed by atoms with Gasteiger partial charge in [-0.1, -0.05) is 32.3 Å². The van der Waals surface area contributed by atoms with Crippen LogP contribution in [-0.2, 0) is 0 Å². The lowest BCUT2D eigenvalue weighted by molar-refractivity contribution is 0.580. The standard InChI is InChI=1S/C11H18N2/c1-2-3-4-7-11(12)10-6-5-8-13-9-10/h5-6,8-9,11H,2-4,7,12H2,1H3/t11-/m1/s1. The summed E-state index contributed by atoms with van der Waals surface area (Å²) in [4.78, 5) is 4.05. The van der Waals surface area contributed by atoms with Gasteiger partial charge in [-0.3, -0.25) is 4.98 Å². The van der Waals surface area contributed by atoms with Crippen LogP contribution in [0.5, 0.6) is 0 Å². The first-order valence-corrected chi connectivity index (χ1v) is 5.00. The quantitative estimate of drug-likeness (QED) is 0.704. The third-order valence-electron chi connectivity index (χ3n) is 2.23. The first-order valence-electron chi connectivity index (χ1n) is 5.00. The SMILES string of the molecule is CCCCC[C@@H](N)c1cccnc1. The smallest absolute Gasteiger partial charge is 0.0315 e. The Kier molecular flexibility index (Phi) is 4.47. The third-order valence-corrected chi connectivity index (χ3v) is 2.23. The van der Waals surface area contributed by atoms with Gasteiger partial charge in [0, 0.05) is 18.4 Å². The van der Waals surface area contributed by atoms with Gasteiger partial charge in [-0.25, -0.2) is 0 Å². The van der Waals surface area contributed by atoms with Crippen LogP contribution in [0.15, 0.2) is 24.5 Å². The van der Waals surface area contributed by atoms with Gasteiger partial charge in [0.1, 0.15) is 0 Å². The van der Waals surface area contributed by atoms with Crippen LogP contribution in [0, 0.1) is 0 Å². The molecular weight excluding hydrogens is 160 g/mol. The van der Waals surface area contributed by atoms with E-state index in [2.05, 4.69) is 11.9 Å². The lowest BCUT2D eigenvalue weighted by atomic mass is 10.0. The highest BCUT2D eigenvalue weighted by atomic mass is 14.7. The Morgan fingerprint density at radius 2 is 2.31 bits per heavy atom. The van der Waals surface area contributed by atoms with Gasteiger partial charge in [0.15, 0.2) is 0 Å². The summed E-state index contributed by atoms with van der Waals surface area (Å²) in [6, 6.07) is 4.15. The van der Waals surface area contributed by atoms with Crippen molar-refractivity contribution in [2.45, 2.75) is 38.6 Å². The van der Waals surface area contributed by atoms with Crippen LogP contribution in [0.3, 0.4) is 0 Å². The zero-order valence-corrected chi connectivity index (χ0v) is 8.24. The molecule has 1 atom stereocenters. The minimum atomic E-state index is 0.167. The normalized spacial score (nSPS) is 12.8. The van der Waals surface area contributed by atoms with Crippen LogP contribution >= 0.6 is 0 Å². The third kappa shape index (κ3) is 3.55. The van der Waals surface area contributed by atoms with Gasteiger partial charge >= 0.3 is 0 Å². The molecule has 1 heterocycles. The molecule has 72 valence electrons. The second-order valence-electron chi connectivity index (χ2n) is 3.39. The summed E-state index contributed by atoms with van der Waals surface area (Å²) in [5.74, 6) is 0. The van der Waals surface area contributed by atoms with E-state index in [-0.39, 0.29) is 6.04 Å².